The first kappa shape index (κ1) is 19.8. The van der Waals surface area contributed by atoms with E-state index in [4.69, 9.17) is 46.4 Å². The third-order valence-electron chi connectivity index (χ3n) is 2.18. The molecule has 0 aliphatic carbocycles. The number of halogens is 4. The van der Waals surface area contributed by atoms with Crippen LogP contribution in [0.15, 0.2) is 9.98 Å². The van der Waals surface area contributed by atoms with Gasteiger partial charge in [0, 0.05) is 24.8 Å². The van der Waals surface area contributed by atoms with Crippen molar-refractivity contribution >= 4 is 69.1 Å². The molecule has 1 aliphatic rings. The Kier molecular flexibility index (Phi) is 7.92. The number of carbonyl (C=O) groups excluding carboxylic acids is 2. The number of hydrazine groups is 1. The van der Waals surface area contributed by atoms with Crippen molar-refractivity contribution in [3.8, 4) is 0 Å². The maximum atomic E-state index is 11.7. The Morgan fingerprint density at radius 2 is 1.70 bits per heavy atom. The molecule has 5 N–H and O–H groups in total. The smallest absolute Gasteiger partial charge is 0.337 e. The van der Waals surface area contributed by atoms with Crippen molar-refractivity contribution in [2.24, 2.45) is 9.98 Å². The van der Waals surface area contributed by atoms with Crippen molar-refractivity contribution < 1.29 is 14.7 Å². The van der Waals surface area contributed by atoms with E-state index in [2.05, 4.69) is 31.4 Å². The highest BCUT2D eigenvalue weighted by atomic mass is 35.5. The number of nitrogens with zero attached hydrogens (tertiary/aromatic N) is 3. The fourth-order valence-electron chi connectivity index (χ4n) is 1.33. The topological polar surface area (TPSA) is 130 Å². The minimum Gasteiger partial charge on any atom is -0.337 e. The Balaban J connectivity index is 2.87. The second kappa shape index (κ2) is 9.18. The maximum Gasteiger partial charge on any atom is 0.349 e. The van der Waals surface area contributed by atoms with E-state index in [1.165, 1.54) is 0 Å². The number of alkyl halides is 2. The van der Waals surface area contributed by atoms with Gasteiger partial charge in [0.05, 0.1) is 0 Å². The molecule has 1 atom stereocenters. The Morgan fingerprint density at radius 3 is 2.26 bits per heavy atom. The summed E-state index contributed by atoms with van der Waals surface area (Å²) in [4.78, 5) is 30.5. The highest BCUT2D eigenvalue weighted by Crippen LogP contribution is 2.18. The number of aliphatic hydroxyl groups is 1. The molecule has 0 spiro atoms. The van der Waals surface area contributed by atoms with Crippen LogP contribution >= 0.6 is 46.4 Å². The molecule has 10 nitrogen and oxygen atoms in total. The van der Waals surface area contributed by atoms with Crippen LogP contribution in [0.1, 0.15) is 0 Å². The van der Waals surface area contributed by atoms with Crippen LogP contribution in [0.3, 0.4) is 0 Å². The molecular formula is C9H13Cl4N7O3. The zero-order valence-electron chi connectivity index (χ0n) is 11.4. The van der Waals surface area contributed by atoms with E-state index in [1.54, 1.807) is 0 Å². The first-order valence-electron chi connectivity index (χ1n) is 6.07. The van der Waals surface area contributed by atoms with Gasteiger partial charge < -0.3 is 15.7 Å². The molecule has 23 heavy (non-hydrogen) atoms. The number of rotatable bonds is 6. The molecule has 1 heterocycles. The standard InChI is InChI=1S/C9H13Cl4N7O3/c10-1-3-14-7(21)18-9(23)17-5(12)16-6(13)20(9)19-8(22)15-4-2-11/h23H,1-4H2,(H2,14,18,21)(H2,15,19,22). The molecule has 0 aromatic heterocycles. The average molecular weight is 409 g/mol. The summed E-state index contributed by atoms with van der Waals surface area (Å²) in [7, 11) is 0. The maximum absolute atomic E-state index is 11.7. The number of amides is 4. The van der Waals surface area contributed by atoms with Crippen molar-refractivity contribution in [1.82, 2.24) is 26.4 Å². The number of hydrogen-bond acceptors (Lipinski definition) is 6. The van der Waals surface area contributed by atoms with Crippen molar-refractivity contribution in [2.75, 3.05) is 24.8 Å². The monoisotopic (exact) mass is 407 g/mol. The van der Waals surface area contributed by atoms with Crippen molar-refractivity contribution in [3.05, 3.63) is 0 Å². The summed E-state index contributed by atoms with van der Waals surface area (Å²) in [6, 6.07) is -1.60. The van der Waals surface area contributed by atoms with Gasteiger partial charge >= 0.3 is 18.0 Å². The van der Waals surface area contributed by atoms with Crippen LogP contribution in [0, 0.1) is 0 Å². The molecule has 1 unspecified atom stereocenters. The predicted molar refractivity (Wildman–Crippen MR) is 87.9 cm³/mol. The average Bonchev–Trinajstić information content (AvgIpc) is 2.46. The van der Waals surface area contributed by atoms with E-state index in [1.807, 2.05) is 0 Å². The number of hydrogen-bond donors (Lipinski definition) is 5. The lowest BCUT2D eigenvalue weighted by Crippen LogP contribution is -2.69. The summed E-state index contributed by atoms with van der Waals surface area (Å²) >= 11 is 22.3. The second-order valence-electron chi connectivity index (χ2n) is 3.86. The predicted octanol–water partition coefficient (Wildman–Crippen LogP) is 0.0862. The molecule has 0 bridgehead atoms. The van der Waals surface area contributed by atoms with Crippen LogP contribution < -0.4 is 21.4 Å². The molecular weight excluding hydrogens is 396 g/mol. The first-order valence-corrected chi connectivity index (χ1v) is 7.89. The molecule has 1 aliphatic heterocycles. The fraction of sp³-hybridized carbons (Fsp3) is 0.556. The summed E-state index contributed by atoms with van der Waals surface area (Å²) in [6.45, 7) is 0.286. The molecule has 0 radical (unpaired) electrons. The number of amidine groups is 2. The molecule has 130 valence electrons. The fourth-order valence-corrected chi connectivity index (χ4v) is 2.00. The van der Waals surface area contributed by atoms with Gasteiger partial charge in [0.25, 0.3) is 0 Å². The lowest BCUT2D eigenvalue weighted by Gasteiger charge is -2.37. The SMILES string of the molecule is O=C(NCCCl)NN1C(Cl)=NC(Cl)=NC1(O)NC(=O)NCCCl. The lowest BCUT2D eigenvalue weighted by molar-refractivity contribution is -0.0957. The van der Waals surface area contributed by atoms with Gasteiger partial charge in [-0.05, 0) is 23.2 Å². The second-order valence-corrected chi connectivity index (χ2v) is 5.29. The van der Waals surface area contributed by atoms with E-state index >= 15 is 0 Å². The van der Waals surface area contributed by atoms with Gasteiger partial charge in [-0.2, -0.15) is 15.0 Å². The van der Waals surface area contributed by atoms with E-state index in [-0.39, 0.29) is 24.8 Å². The quantitative estimate of drug-likeness (QED) is 0.242. The van der Waals surface area contributed by atoms with Gasteiger partial charge in [0.2, 0.25) is 10.6 Å². The highest BCUT2D eigenvalue weighted by molar-refractivity contribution is 6.71. The van der Waals surface area contributed by atoms with Gasteiger partial charge in [-0.1, -0.05) is 0 Å². The van der Waals surface area contributed by atoms with E-state index in [9.17, 15) is 14.7 Å². The summed E-state index contributed by atoms with van der Waals surface area (Å²) in [5.74, 6) is -2.17. The molecule has 14 heteroatoms. The van der Waals surface area contributed by atoms with Crippen LogP contribution in [-0.4, -0.2) is 63.6 Å². The van der Waals surface area contributed by atoms with Crippen LogP contribution in [-0.2, 0) is 0 Å². The Morgan fingerprint density at radius 1 is 1.13 bits per heavy atom. The Bertz CT molecular complexity index is 517. The summed E-state index contributed by atoms with van der Waals surface area (Å²) in [6.07, 6.45) is 0. The zero-order valence-corrected chi connectivity index (χ0v) is 14.5. The van der Waals surface area contributed by atoms with Crippen LogP contribution in [0.5, 0.6) is 0 Å². The van der Waals surface area contributed by atoms with E-state index < -0.39 is 28.6 Å². The van der Waals surface area contributed by atoms with Gasteiger partial charge in [-0.3, -0.25) is 5.32 Å². The first-order chi connectivity index (χ1) is 10.8. The highest BCUT2D eigenvalue weighted by Gasteiger charge is 2.42. The summed E-state index contributed by atoms with van der Waals surface area (Å²) in [5.41, 5.74) is 2.15. The lowest BCUT2D eigenvalue weighted by atomic mass is 10.6. The van der Waals surface area contributed by atoms with Gasteiger partial charge in [-0.25, -0.2) is 15.0 Å². The zero-order chi connectivity index (χ0) is 17.5. The Hall–Kier alpha value is -1.20. The van der Waals surface area contributed by atoms with Crippen molar-refractivity contribution in [1.29, 1.82) is 0 Å². The Labute approximate surface area is 151 Å². The van der Waals surface area contributed by atoms with Gasteiger partial charge in [0.15, 0.2) is 0 Å². The van der Waals surface area contributed by atoms with Crippen LogP contribution in [0.2, 0.25) is 0 Å². The number of urea groups is 2. The molecule has 0 saturated carbocycles. The van der Waals surface area contributed by atoms with Crippen LogP contribution in [0.4, 0.5) is 9.59 Å². The summed E-state index contributed by atoms with van der Waals surface area (Å²) < 4.78 is 0. The molecule has 0 saturated heterocycles. The number of carbonyl (C=O) groups is 2. The minimum absolute atomic E-state index is 0.131. The van der Waals surface area contributed by atoms with Crippen molar-refractivity contribution in [2.45, 2.75) is 5.97 Å². The van der Waals surface area contributed by atoms with Gasteiger partial charge in [0.1, 0.15) is 0 Å². The molecule has 4 amide bonds. The molecule has 0 aromatic rings. The summed E-state index contributed by atoms with van der Waals surface area (Å²) in [5, 5.41) is 16.9. The third-order valence-corrected chi connectivity index (χ3v) is 2.98. The minimum atomic E-state index is -2.50. The third kappa shape index (κ3) is 6.07. The number of nitrogens with one attached hydrogen (secondary N) is 4. The van der Waals surface area contributed by atoms with Gasteiger partial charge in [-0.15, -0.1) is 23.2 Å². The van der Waals surface area contributed by atoms with E-state index in [0.717, 1.165) is 0 Å². The number of aliphatic imine (C=N–C) groups is 2. The molecule has 0 aromatic carbocycles. The largest absolute Gasteiger partial charge is 0.349 e. The molecule has 1 rings (SSSR count). The van der Waals surface area contributed by atoms with Crippen LogP contribution in [0.25, 0.3) is 0 Å². The van der Waals surface area contributed by atoms with E-state index in [0.29, 0.717) is 5.01 Å². The normalized spacial score (nSPS) is 20.3. The van der Waals surface area contributed by atoms with Crippen molar-refractivity contribution in [3.63, 3.8) is 0 Å². The molecule has 0 fully saturated rings.